The number of nitrogens with one attached hydrogen (secondary N) is 1. The summed E-state index contributed by atoms with van der Waals surface area (Å²) in [5.74, 6) is 1.15. The van der Waals surface area contributed by atoms with Crippen LogP contribution in [0.1, 0.15) is 18.4 Å². The highest BCUT2D eigenvalue weighted by Gasteiger charge is 2.20. The minimum absolute atomic E-state index is 0.107. The Bertz CT molecular complexity index is 1010. The molecule has 2 aromatic carbocycles. The molecule has 3 rings (SSSR count). The number of fused-ring (bicyclic) bond motifs is 1. The number of benzene rings is 2. The van der Waals surface area contributed by atoms with Gasteiger partial charge in [-0.15, -0.1) is 0 Å². The van der Waals surface area contributed by atoms with Gasteiger partial charge in [-0.25, -0.2) is 8.42 Å². The van der Waals surface area contributed by atoms with E-state index in [0.717, 1.165) is 16.1 Å². The molecule has 29 heavy (non-hydrogen) atoms. The second-order valence-corrected chi connectivity index (χ2v) is 9.25. The molecule has 0 fully saturated rings. The zero-order chi connectivity index (χ0) is 21.0. The number of sulfonamides is 1. The van der Waals surface area contributed by atoms with Gasteiger partial charge in [-0.3, -0.25) is 9.10 Å². The van der Waals surface area contributed by atoms with Crippen LogP contribution in [0.3, 0.4) is 0 Å². The van der Waals surface area contributed by atoms with E-state index in [-0.39, 0.29) is 30.7 Å². The van der Waals surface area contributed by atoms with Crippen molar-refractivity contribution in [3.63, 3.8) is 0 Å². The van der Waals surface area contributed by atoms with Gasteiger partial charge in [-0.1, -0.05) is 29.3 Å². The largest absolute Gasteiger partial charge is 0.454 e. The van der Waals surface area contributed by atoms with E-state index in [4.69, 9.17) is 32.7 Å². The molecule has 0 aliphatic carbocycles. The molecular formula is C19H20Cl2N2O5S. The molecule has 0 aromatic heterocycles. The van der Waals surface area contributed by atoms with Gasteiger partial charge < -0.3 is 14.8 Å². The second kappa shape index (κ2) is 9.11. The molecule has 1 amide bonds. The molecule has 0 radical (unpaired) electrons. The zero-order valence-electron chi connectivity index (χ0n) is 15.7. The highest BCUT2D eigenvalue weighted by Crippen LogP contribution is 2.32. The van der Waals surface area contributed by atoms with Gasteiger partial charge in [0.15, 0.2) is 11.5 Å². The number of carbonyl (C=O) groups excluding carboxylic acids is 1. The lowest BCUT2D eigenvalue weighted by molar-refractivity contribution is -0.121. The first-order chi connectivity index (χ1) is 13.7. The number of ether oxygens (including phenoxy) is 2. The molecule has 2 aromatic rings. The molecule has 1 heterocycles. The van der Waals surface area contributed by atoms with Crippen molar-refractivity contribution in [3.8, 4) is 11.5 Å². The summed E-state index contributed by atoms with van der Waals surface area (Å²) in [6.45, 7) is 0.639. The van der Waals surface area contributed by atoms with E-state index in [9.17, 15) is 13.2 Å². The van der Waals surface area contributed by atoms with Crippen molar-refractivity contribution < 1.29 is 22.7 Å². The Hall–Kier alpha value is -2.16. The number of amides is 1. The predicted molar refractivity (Wildman–Crippen MR) is 112 cm³/mol. The van der Waals surface area contributed by atoms with Gasteiger partial charge in [-0.2, -0.15) is 0 Å². The minimum atomic E-state index is -3.58. The van der Waals surface area contributed by atoms with Crippen LogP contribution in [-0.4, -0.2) is 33.9 Å². The van der Waals surface area contributed by atoms with Gasteiger partial charge in [-0.05, 0) is 42.3 Å². The number of hydrogen-bond acceptors (Lipinski definition) is 5. The first kappa shape index (κ1) is 21.5. The van der Waals surface area contributed by atoms with Crippen LogP contribution in [0.25, 0.3) is 0 Å². The van der Waals surface area contributed by atoms with Crippen LogP contribution < -0.4 is 19.1 Å². The van der Waals surface area contributed by atoms with E-state index < -0.39 is 10.0 Å². The first-order valence-electron chi connectivity index (χ1n) is 8.82. The fourth-order valence-corrected chi connectivity index (χ4v) is 4.27. The van der Waals surface area contributed by atoms with E-state index in [1.54, 1.807) is 12.1 Å². The molecule has 10 heteroatoms. The van der Waals surface area contributed by atoms with Crippen molar-refractivity contribution in [3.05, 3.63) is 52.0 Å². The Kier molecular flexibility index (Phi) is 6.77. The normalized spacial score (nSPS) is 12.7. The maximum atomic E-state index is 12.2. The molecule has 156 valence electrons. The summed E-state index contributed by atoms with van der Waals surface area (Å²) in [6, 6.07) is 10.1. The third kappa shape index (κ3) is 5.68. The monoisotopic (exact) mass is 458 g/mol. The molecule has 1 aliphatic heterocycles. The number of rotatable bonds is 8. The van der Waals surface area contributed by atoms with E-state index in [1.165, 1.54) is 12.1 Å². The summed E-state index contributed by atoms with van der Waals surface area (Å²) in [4.78, 5) is 12.2. The fraction of sp³-hybridized carbons (Fsp3) is 0.316. The van der Waals surface area contributed by atoms with Crippen molar-refractivity contribution in [1.82, 2.24) is 5.32 Å². The second-order valence-electron chi connectivity index (χ2n) is 6.50. The van der Waals surface area contributed by atoms with Gasteiger partial charge in [0.25, 0.3) is 0 Å². The van der Waals surface area contributed by atoms with Gasteiger partial charge in [0.05, 0.1) is 17.0 Å². The standard InChI is InChI=1S/C19H20Cl2N2O5S/c1-29(25,26)23(16-10-14(20)5-6-15(16)21)8-2-3-19(24)22-11-13-4-7-17-18(9-13)28-12-27-17/h4-7,9-10H,2-3,8,11-12H2,1H3,(H,22,24). The molecule has 0 bridgehead atoms. The number of hydrogen-bond donors (Lipinski definition) is 1. The van der Waals surface area contributed by atoms with Gasteiger partial charge in [0.1, 0.15) is 0 Å². The van der Waals surface area contributed by atoms with Crippen LogP contribution in [0.4, 0.5) is 5.69 Å². The summed E-state index contributed by atoms with van der Waals surface area (Å²) in [5, 5.41) is 3.46. The Balaban J connectivity index is 1.54. The third-order valence-corrected chi connectivity index (χ3v) is 6.00. The van der Waals surface area contributed by atoms with E-state index in [2.05, 4.69) is 5.32 Å². The number of nitrogens with zero attached hydrogens (tertiary/aromatic N) is 1. The highest BCUT2D eigenvalue weighted by atomic mass is 35.5. The van der Waals surface area contributed by atoms with Crippen LogP contribution in [-0.2, 0) is 21.4 Å². The van der Waals surface area contributed by atoms with Crippen molar-refractivity contribution in [1.29, 1.82) is 0 Å². The van der Waals surface area contributed by atoms with Gasteiger partial charge in [0, 0.05) is 24.5 Å². The number of carbonyl (C=O) groups is 1. The highest BCUT2D eigenvalue weighted by molar-refractivity contribution is 7.92. The van der Waals surface area contributed by atoms with Crippen LogP contribution in [0.2, 0.25) is 10.0 Å². The average molecular weight is 459 g/mol. The zero-order valence-corrected chi connectivity index (χ0v) is 18.0. The maximum absolute atomic E-state index is 12.2. The van der Waals surface area contributed by atoms with Crippen molar-refractivity contribution in [2.24, 2.45) is 0 Å². The molecule has 1 aliphatic rings. The lowest BCUT2D eigenvalue weighted by Crippen LogP contribution is -2.32. The van der Waals surface area contributed by atoms with E-state index >= 15 is 0 Å². The van der Waals surface area contributed by atoms with E-state index in [1.807, 2.05) is 12.1 Å². The molecule has 0 saturated heterocycles. The lowest BCUT2D eigenvalue weighted by atomic mass is 10.2. The molecule has 0 atom stereocenters. The smallest absolute Gasteiger partial charge is 0.232 e. The molecule has 0 unspecified atom stereocenters. The first-order valence-corrected chi connectivity index (χ1v) is 11.4. The van der Waals surface area contributed by atoms with Crippen LogP contribution in [0.15, 0.2) is 36.4 Å². The summed E-state index contributed by atoms with van der Waals surface area (Å²) >= 11 is 12.1. The Morgan fingerprint density at radius 1 is 1.14 bits per heavy atom. The summed E-state index contributed by atoms with van der Waals surface area (Å²) in [7, 11) is -3.58. The topological polar surface area (TPSA) is 84.9 Å². The minimum Gasteiger partial charge on any atom is -0.454 e. The van der Waals surface area contributed by atoms with Crippen LogP contribution in [0.5, 0.6) is 11.5 Å². The van der Waals surface area contributed by atoms with Crippen LogP contribution in [0, 0.1) is 0 Å². The van der Waals surface area contributed by atoms with Crippen molar-refractivity contribution >= 4 is 44.8 Å². The summed E-state index contributed by atoms with van der Waals surface area (Å²) < 4.78 is 36.1. The average Bonchev–Trinajstić information content (AvgIpc) is 3.12. The third-order valence-electron chi connectivity index (χ3n) is 4.27. The Labute approximate surface area is 179 Å². The van der Waals surface area contributed by atoms with Gasteiger partial charge in [0.2, 0.25) is 22.7 Å². The summed E-state index contributed by atoms with van der Waals surface area (Å²) in [5.41, 5.74) is 1.17. The predicted octanol–water partition coefficient (Wildman–Crippen LogP) is 3.58. The molecule has 1 N–H and O–H groups in total. The van der Waals surface area contributed by atoms with E-state index in [0.29, 0.717) is 35.2 Å². The fourth-order valence-electron chi connectivity index (χ4n) is 2.87. The summed E-state index contributed by atoms with van der Waals surface area (Å²) in [6.07, 6.45) is 1.57. The molecule has 0 saturated carbocycles. The van der Waals surface area contributed by atoms with Crippen LogP contribution >= 0.6 is 23.2 Å². The van der Waals surface area contributed by atoms with Crippen molar-refractivity contribution in [2.45, 2.75) is 19.4 Å². The molecular weight excluding hydrogens is 439 g/mol. The number of halogens is 2. The number of anilines is 1. The van der Waals surface area contributed by atoms with Crippen molar-refractivity contribution in [2.75, 3.05) is 23.9 Å². The molecule has 0 spiro atoms. The Morgan fingerprint density at radius 2 is 1.90 bits per heavy atom. The maximum Gasteiger partial charge on any atom is 0.232 e. The SMILES string of the molecule is CS(=O)(=O)N(CCCC(=O)NCc1ccc2c(c1)OCO2)c1cc(Cl)ccc1Cl. The Morgan fingerprint density at radius 3 is 2.66 bits per heavy atom. The lowest BCUT2D eigenvalue weighted by Gasteiger charge is -2.23. The van der Waals surface area contributed by atoms with Gasteiger partial charge >= 0.3 is 0 Å². The quantitative estimate of drug-likeness (QED) is 0.653. The molecule has 7 nitrogen and oxygen atoms in total.